The summed E-state index contributed by atoms with van der Waals surface area (Å²) in [4.78, 5) is 13.0. The summed E-state index contributed by atoms with van der Waals surface area (Å²) in [7, 11) is 0. The van der Waals surface area contributed by atoms with Crippen LogP contribution in [0.2, 0.25) is 0 Å². The van der Waals surface area contributed by atoms with Crippen LogP contribution in [0.1, 0.15) is 9.67 Å². The molecule has 0 aliphatic heterocycles. The Hall–Kier alpha value is -2.66. The van der Waals surface area contributed by atoms with Crippen LogP contribution in [0.4, 0.5) is 5.69 Å². The Labute approximate surface area is 124 Å². The second-order valence-electron chi connectivity index (χ2n) is 4.77. The number of thiophene rings is 1. The molecule has 21 heavy (non-hydrogen) atoms. The van der Waals surface area contributed by atoms with E-state index in [0.29, 0.717) is 4.88 Å². The molecule has 0 atom stereocenters. The number of carbonyl (C=O) groups is 1. The van der Waals surface area contributed by atoms with E-state index in [1.165, 1.54) is 11.3 Å². The van der Waals surface area contributed by atoms with E-state index in [0.717, 1.165) is 26.7 Å². The Morgan fingerprint density at radius 2 is 2.00 bits per heavy atom. The lowest BCUT2D eigenvalue weighted by atomic mass is 10.2. The molecule has 1 amide bonds. The molecule has 0 spiro atoms. The minimum atomic E-state index is -0.0842. The number of H-pyrrole nitrogens is 1. The number of rotatable bonds is 2. The zero-order chi connectivity index (χ0) is 14.2. The van der Waals surface area contributed by atoms with Crippen molar-refractivity contribution in [2.24, 2.45) is 0 Å². The minimum Gasteiger partial charge on any atom is -0.321 e. The summed E-state index contributed by atoms with van der Waals surface area (Å²) < 4.78 is 1.12. The van der Waals surface area contributed by atoms with Crippen molar-refractivity contribution in [1.29, 1.82) is 0 Å². The summed E-state index contributed by atoms with van der Waals surface area (Å²) in [5.41, 5.74) is 1.72. The highest BCUT2D eigenvalue weighted by Crippen LogP contribution is 2.26. The van der Waals surface area contributed by atoms with Crippen LogP contribution in [0.15, 0.2) is 54.7 Å². The lowest BCUT2D eigenvalue weighted by molar-refractivity contribution is 0.103. The van der Waals surface area contributed by atoms with Crippen LogP contribution in [-0.4, -0.2) is 16.1 Å². The van der Waals surface area contributed by atoms with E-state index >= 15 is 0 Å². The van der Waals surface area contributed by atoms with Gasteiger partial charge in [-0.05, 0) is 35.7 Å². The highest BCUT2D eigenvalue weighted by atomic mass is 32.1. The van der Waals surface area contributed by atoms with Crippen LogP contribution in [0, 0.1) is 0 Å². The molecular weight excluding hydrogens is 282 g/mol. The summed E-state index contributed by atoms with van der Waals surface area (Å²) in [6, 6.07) is 15.6. The van der Waals surface area contributed by atoms with Gasteiger partial charge >= 0.3 is 0 Å². The van der Waals surface area contributed by atoms with Crippen LogP contribution >= 0.6 is 11.3 Å². The molecule has 4 aromatic rings. The number of nitrogens with one attached hydrogen (secondary N) is 2. The molecule has 0 saturated carbocycles. The minimum absolute atomic E-state index is 0.0842. The Balaban J connectivity index is 1.64. The lowest BCUT2D eigenvalue weighted by Crippen LogP contribution is -2.09. The summed E-state index contributed by atoms with van der Waals surface area (Å²) in [6.45, 7) is 0. The van der Waals surface area contributed by atoms with Gasteiger partial charge in [-0.2, -0.15) is 5.10 Å². The number of fused-ring (bicyclic) bond motifs is 2. The van der Waals surface area contributed by atoms with Crippen molar-refractivity contribution in [2.75, 3.05) is 5.32 Å². The Morgan fingerprint density at radius 3 is 2.90 bits per heavy atom. The maximum atomic E-state index is 12.3. The smallest absolute Gasteiger partial charge is 0.265 e. The molecule has 4 rings (SSSR count). The fourth-order valence-electron chi connectivity index (χ4n) is 2.31. The van der Waals surface area contributed by atoms with E-state index in [-0.39, 0.29) is 5.91 Å². The first-order valence-corrected chi connectivity index (χ1v) is 7.34. The fraction of sp³-hybridized carbons (Fsp3) is 0. The van der Waals surface area contributed by atoms with E-state index in [9.17, 15) is 4.79 Å². The average molecular weight is 293 g/mol. The highest BCUT2D eigenvalue weighted by Gasteiger charge is 2.10. The standard InChI is InChI=1S/C16H11N3OS/c20-16(15-8-10-3-1-2-4-14(10)21-15)18-12-5-6-13-11(7-12)9-17-19-13/h1-9H,(H,17,19)(H,18,20). The van der Waals surface area contributed by atoms with Crippen molar-refractivity contribution in [3.05, 3.63) is 59.6 Å². The summed E-state index contributed by atoms with van der Waals surface area (Å²) in [5, 5.41) is 11.9. The lowest BCUT2D eigenvalue weighted by Gasteiger charge is -2.03. The zero-order valence-corrected chi connectivity index (χ0v) is 11.8. The summed E-state index contributed by atoms with van der Waals surface area (Å²) in [5.74, 6) is -0.0842. The van der Waals surface area contributed by atoms with Gasteiger partial charge in [-0.3, -0.25) is 9.89 Å². The molecule has 0 unspecified atom stereocenters. The first-order valence-electron chi connectivity index (χ1n) is 6.53. The van der Waals surface area contributed by atoms with Crippen LogP contribution in [-0.2, 0) is 0 Å². The molecule has 0 aliphatic carbocycles. The van der Waals surface area contributed by atoms with Gasteiger partial charge in [0.25, 0.3) is 5.91 Å². The molecule has 2 aromatic carbocycles. The maximum Gasteiger partial charge on any atom is 0.265 e. The molecular formula is C16H11N3OS. The van der Waals surface area contributed by atoms with Gasteiger partial charge in [0.1, 0.15) is 0 Å². The number of anilines is 1. The van der Waals surface area contributed by atoms with Gasteiger partial charge in [-0.25, -0.2) is 0 Å². The van der Waals surface area contributed by atoms with Crippen molar-refractivity contribution in [1.82, 2.24) is 10.2 Å². The van der Waals surface area contributed by atoms with Crippen LogP contribution < -0.4 is 5.32 Å². The van der Waals surface area contributed by atoms with E-state index < -0.39 is 0 Å². The van der Waals surface area contributed by atoms with Gasteiger partial charge in [0, 0.05) is 15.8 Å². The maximum absolute atomic E-state index is 12.3. The van der Waals surface area contributed by atoms with Crippen LogP contribution in [0.5, 0.6) is 0 Å². The number of hydrogen-bond acceptors (Lipinski definition) is 3. The molecule has 4 nitrogen and oxygen atoms in total. The molecule has 0 bridgehead atoms. The van der Waals surface area contributed by atoms with Crippen molar-refractivity contribution in [3.8, 4) is 0 Å². The fourth-order valence-corrected chi connectivity index (χ4v) is 3.26. The van der Waals surface area contributed by atoms with Crippen molar-refractivity contribution >= 4 is 43.9 Å². The van der Waals surface area contributed by atoms with Gasteiger partial charge in [0.2, 0.25) is 0 Å². The van der Waals surface area contributed by atoms with Crippen LogP contribution in [0.3, 0.4) is 0 Å². The summed E-state index contributed by atoms with van der Waals surface area (Å²) in [6.07, 6.45) is 1.74. The average Bonchev–Trinajstić information content (AvgIpc) is 3.13. The summed E-state index contributed by atoms with van der Waals surface area (Å²) >= 11 is 1.50. The topological polar surface area (TPSA) is 57.8 Å². The SMILES string of the molecule is O=C(Nc1ccc2[nH]ncc2c1)c1cc2ccccc2s1. The highest BCUT2D eigenvalue weighted by molar-refractivity contribution is 7.20. The van der Waals surface area contributed by atoms with Crippen molar-refractivity contribution in [2.45, 2.75) is 0 Å². The number of hydrogen-bond donors (Lipinski definition) is 2. The molecule has 0 fully saturated rings. The third kappa shape index (κ3) is 2.17. The monoisotopic (exact) mass is 293 g/mol. The molecule has 102 valence electrons. The van der Waals surface area contributed by atoms with E-state index in [2.05, 4.69) is 15.5 Å². The number of amides is 1. The Kier molecular flexibility index (Phi) is 2.72. The van der Waals surface area contributed by atoms with Crippen LogP contribution in [0.25, 0.3) is 21.0 Å². The molecule has 5 heteroatoms. The quantitative estimate of drug-likeness (QED) is 0.586. The third-order valence-corrected chi connectivity index (χ3v) is 4.46. The molecule has 2 N–H and O–H groups in total. The molecule has 0 aliphatic rings. The first-order chi connectivity index (χ1) is 10.3. The molecule has 0 saturated heterocycles. The number of aromatic nitrogens is 2. The van der Waals surface area contributed by atoms with E-state index in [1.54, 1.807) is 6.20 Å². The second-order valence-corrected chi connectivity index (χ2v) is 5.86. The van der Waals surface area contributed by atoms with Gasteiger partial charge in [0.05, 0.1) is 16.6 Å². The van der Waals surface area contributed by atoms with Gasteiger partial charge in [-0.1, -0.05) is 18.2 Å². The first kappa shape index (κ1) is 12.1. The van der Waals surface area contributed by atoms with E-state index in [4.69, 9.17) is 0 Å². The number of carbonyl (C=O) groups excluding carboxylic acids is 1. The molecule has 2 heterocycles. The predicted molar refractivity (Wildman–Crippen MR) is 85.9 cm³/mol. The normalized spacial score (nSPS) is 11.0. The van der Waals surface area contributed by atoms with Crippen molar-refractivity contribution < 1.29 is 4.79 Å². The Morgan fingerprint density at radius 1 is 1.10 bits per heavy atom. The van der Waals surface area contributed by atoms with E-state index in [1.807, 2.05) is 48.5 Å². The molecule has 2 aromatic heterocycles. The van der Waals surface area contributed by atoms with Gasteiger partial charge in [-0.15, -0.1) is 11.3 Å². The molecule has 0 radical (unpaired) electrons. The predicted octanol–water partition coefficient (Wildman–Crippen LogP) is 4.03. The largest absolute Gasteiger partial charge is 0.321 e. The number of nitrogens with zero attached hydrogens (tertiary/aromatic N) is 1. The second kappa shape index (κ2) is 4.71. The zero-order valence-electron chi connectivity index (χ0n) is 11.0. The van der Waals surface area contributed by atoms with Gasteiger partial charge in [0.15, 0.2) is 0 Å². The Bertz CT molecular complexity index is 921. The van der Waals surface area contributed by atoms with Gasteiger partial charge < -0.3 is 5.32 Å². The number of benzene rings is 2. The van der Waals surface area contributed by atoms with Crippen molar-refractivity contribution in [3.63, 3.8) is 0 Å². The number of aromatic amines is 1. The third-order valence-electron chi connectivity index (χ3n) is 3.35.